The summed E-state index contributed by atoms with van der Waals surface area (Å²) in [6, 6.07) is 0. The molecule has 0 saturated carbocycles. The summed E-state index contributed by atoms with van der Waals surface area (Å²) in [5, 5.41) is 1.08. The fraction of sp³-hybridized carbons (Fsp3) is 0.600. The summed E-state index contributed by atoms with van der Waals surface area (Å²) in [7, 11) is 0. The Bertz CT molecular complexity index is 139. The van der Waals surface area contributed by atoms with Crippen LogP contribution in [0.1, 0.15) is 12.8 Å². The minimum absolute atomic E-state index is 0. The summed E-state index contributed by atoms with van der Waals surface area (Å²) in [6.07, 6.45) is 1.28. The third-order valence-corrected chi connectivity index (χ3v) is 1.20. The van der Waals surface area contributed by atoms with Gasteiger partial charge in [-0.05, 0) is 6.42 Å². The average molecular weight is 193 g/mol. The Labute approximate surface area is 68.9 Å². The SMILES string of the molecule is O=CON1CCCC1=O.[Cu]. The number of nitrogens with zero attached hydrogens (tertiary/aromatic N) is 1. The van der Waals surface area contributed by atoms with Gasteiger partial charge < -0.3 is 4.84 Å². The number of rotatable bonds is 2. The smallest absolute Gasteiger partial charge is 0.320 e. The van der Waals surface area contributed by atoms with Gasteiger partial charge in [0.15, 0.2) is 0 Å². The maximum atomic E-state index is 10.6. The monoisotopic (exact) mass is 192 g/mol. The molecule has 0 unspecified atom stereocenters. The van der Waals surface area contributed by atoms with Crippen molar-refractivity contribution < 1.29 is 31.5 Å². The standard InChI is InChI=1S/C5H7NO3.Cu/c7-4-9-6-3-1-2-5(6)8;/h4H,1-3H2;. The molecule has 1 fully saturated rings. The first kappa shape index (κ1) is 9.46. The zero-order chi connectivity index (χ0) is 6.69. The molecule has 1 rings (SSSR count). The van der Waals surface area contributed by atoms with E-state index in [-0.39, 0.29) is 29.4 Å². The van der Waals surface area contributed by atoms with Gasteiger partial charge in [0.1, 0.15) is 0 Å². The second kappa shape index (κ2) is 4.30. The van der Waals surface area contributed by atoms with Crippen LogP contribution in [-0.4, -0.2) is 24.0 Å². The first-order chi connectivity index (χ1) is 4.34. The molecule has 1 heterocycles. The quantitative estimate of drug-likeness (QED) is 0.446. The van der Waals surface area contributed by atoms with E-state index in [1.165, 1.54) is 0 Å². The van der Waals surface area contributed by atoms with E-state index in [0.717, 1.165) is 11.5 Å². The van der Waals surface area contributed by atoms with Gasteiger partial charge >= 0.3 is 6.47 Å². The average Bonchev–Trinajstić information content (AvgIpc) is 2.18. The van der Waals surface area contributed by atoms with E-state index in [1.54, 1.807) is 0 Å². The molecule has 1 radical (unpaired) electrons. The minimum Gasteiger partial charge on any atom is -0.342 e. The second-order valence-electron chi connectivity index (χ2n) is 1.80. The van der Waals surface area contributed by atoms with Crippen LogP contribution in [-0.2, 0) is 31.5 Å². The molecule has 0 bridgehead atoms. The molecule has 1 amide bonds. The van der Waals surface area contributed by atoms with Crippen LogP contribution >= 0.6 is 0 Å². The van der Waals surface area contributed by atoms with Crippen LogP contribution in [0.15, 0.2) is 0 Å². The molecule has 0 atom stereocenters. The van der Waals surface area contributed by atoms with Gasteiger partial charge in [0.2, 0.25) is 0 Å². The van der Waals surface area contributed by atoms with E-state index < -0.39 is 0 Å². The van der Waals surface area contributed by atoms with E-state index in [9.17, 15) is 9.59 Å². The fourth-order valence-electron chi connectivity index (χ4n) is 0.787. The Balaban J connectivity index is 0.000000810. The number of hydroxylamine groups is 2. The second-order valence-corrected chi connectivity index (χ2v) is 1.80. The van der Waals surface area contributed by atoms with Crippen LogP contribution in [0.2, 0.25) is 0 Å². The third kappa shape index (κ3) is 2.00. The molecule has 1 saturated heterocycles. The van der Waals surface area contributed by atoms with Gasteiger partial charge in [-0.25, -0.2) is 0 Å². The summed E-state index contributed by atoms with van der Waals surface area (Å²) in [5.41, 5.74) is 0. The van der Waals surface area contributed by atoms with Crippen LogP contribution in [0.4, 0.5) is 0 Å². The van der Waals surface area contributed by atoms with E-state index in [2.05, 4.69) is 4.84 Å². The van der Waals surface area contributed by atoms with Crippen molar-refractivity contribution in [3.05, 3.63) is 0 Å². The van der Waals surface area contributed by atoms with Crippen molar-refractivity contribution in [1.29, 1.82) is 0 Å². The molecule has 61 valence electrons. The molecule has 0 N–H and O–H groups in total. The molecule has 0 spiro atoms. The van der Waals surface area contributed by atoms with Crippen LogP contribution in [0.25, 0.3) is 0 Å². The molecule has 1 aliphatic rings. The molecule has 0 aromatic carbocycles. The number of hydrogen-bond donors (Lipinski definition) is 0. The molecular weight excluding hydrogens is 186 g/mol. The summed E-state index contributed by atoms with van der Waals surface area (Å²) in [6.45, 7) is 0.806. The van der Waals surface area contributed by atoms with Gasteiger partial charge in [-0.3, -0.25) is 9.59 Å². The number of carbonyl (C=O) groups excluding carboxylic acids is 2. The molecule has 0 aromatic rings. The first-order valence-electron chi connectivity index (χ1n) is 2.75. The Kier molecular flexibility index (Phi) is 4.07. The Morgan fingerprint density at radius 1 is 1.60 bits per heavy atom. The van der Waals surface area contributed by atoms with Gasteiger partial charge in [-0.15, -0.1) is 0 Å². The molecule has 5 heteroatoms. The van der Waals surface area contributed by atoms with Crippen molar-refractivity contribution in [2.75, 3.05) is 6.54 Å². The van der Waals surface area contributed by atoms with Gasteiger partial charge in [-0.2, -0.15) is 5.06 Å². The molecule has 10 heavy (non-hydrogen) atoms. The van der Waals surface area contributed by atoms with E-state index >= 15 is 0 Å². The summed E-state index contributed by atoms with van der Waals surface area (Å²) in [5.74, 6) is -0.109. The summed E-state index contributed by atoms with van der Waals surface area (Å²) < 4.78 is 0. The van der Waals surface area contributed by atoms with Crippen LogP contribution < -0.4 is 0 Å². The van der Waals surface area contributed by atoms with Crippen LogP contribution in [0.3, 0.4) is 0 Å². The zero-order valence-electron chi connectivity index (χ0n) is 5.17. The van der Waals surface area contributed by atoms with Gasteiger partial charge in [0, 0.05) is 23.5 Å². The molecule has 1 aliphatic heterocycles. The maximum Gasteiger partial charge on any atom is 0.320 e. The predicted octanol–water partition coefficient (Wildman–Crippen LogP) is -0.306. The van der Waals surface area contributed by atoms with Crippen molar-refractivity contribution in [2.24, 2.45) is 0 Å². The van der Waals surface area contributed by atoms with Gasteiger partial charge in [0.25, 0.3) is 5.91 Å². The summed E-state index contributed by atoms with van der Waals surface area (Å²) in [4.78, 5) is 24.6. The Morgan fingerprint density at radius 3 is 2.70 bits per heavy atom. The topological polar surface area (TPSA) is 46.6 Å². The first-order valence-corrected chi connectivity index (χ1v) is 2.75. The van der Waals surface area contributed by atoms with Crippen molar-refractivity contribution in [2.45, 2.75) is 12.8 Å². The van der Waals surface area contributed by atoms with Crippen LogP contribution in [0.5, 0.6) is 0 Å². The number of carbonyl (C=O) groups is 2. The normalized spacial score (nSPS) is 16.4. The molecule has 0 aliphatic carbocycles. The van der Waals surface area contributed by atoms with Crippen molar-refractivity contribution in [3.63, 3.8) is 0 Å². The molecule has 0 aromatic heterocycles. The van der Waals surface area contributed by atoms with E-state index in [0.29, 0.717) is 13.0 Å². The molecule has 4 nitrogen and oxygen atoms in total. The minimum atomic E-state index is -0.109. The van der Waals surface area contributed by atoms with E-state index in [1.807, 2.05) is 0 Å². The summed E-state index contributed by atoms with van der Waals surface area (Å²) >= 11 is 0. The largest absolute Gasteiger partial charge is 0.342 e. The maximum absolute atomic E-state index is 10.6. The van der Waals surface area contributed by atoms with Crippen molar-refractivity contribution in [3.8, 4) is 0 Å². The van der Waals surface area contributed by atoms with Gasteiger partial charge in [-0.1, -0.05) is 0 Å². The van der Waals surface area contributed by atoms with Crippen molar-refractivity contribution in [1.82, 2.24) is 5.06 Å². The van der Waals surface area contributed by atoms with Crippen LogP contribution in [0, 0.1) is 0 Å². The molecular formula is C5H7CuNO3. The zero-order valence-corrected chi connectivity index (χ0v) is 6.11. The third-order valence-electron chi connectivity index (χ3n) is 1.20. The predicted molar refractivity (Wildman–Crippen MR) is 28.1 cm³/mol. The number of hydrogen-bond acceptors (Lipinski definition) is 3. The van der Waals surface area contributed by atoms with Crippen molar-refractivity contribution >= 4 is 12.4 Å². The fourth-order valence-corrected chi connectivity index (χ4v) is 0.787. The Morgan fingerprint density at radius 2 is 2.30 bits per heavy atom. The van der Waals surface area contributed by atoms with E-state index in [4.69, 9.17) is 0 Å². The Hall–Kier alpha value is -0.541. The van der Waals surface area contributed by atoms with Gasteiger partial charge in [0.05, 0.1) is 6.54 Å². The number of amides is 1.